The molecular weight excluding hydrogens is 422 g/mol. The van der Waals surface area contributed by atoms with Crippen molar-refractivity contribution in [1.82, 2.24) is 15.1 Å². The van der Waals surface area contributed by atoms with Gasteiger partial charge in [0.1, 0.15) is 30.3 Å². The average Bonchev–Trinajstić information content (AvgIpc) is 3.14. The summed E-state index contributed by atoms with van der Waals surface area (Å²) in [6.45, 7) is 3.64. The Hall–Kier alpha value is -3.10. The summed E-state index contributed by atoms with van der Waals surface area (Å²) in [5, 5.41) is 13.3. The summed E-state index contributed by atoms with van der Waals surface area (Å²) >= 11 is 0. The normalized spacial score (nSPS) is 21.2. The molecule has 2 aliphatic heterocycles. The monoisotopic (exact) mass is 453 g/mol. The zero-order valence-corrected chi connectivity index (χ0v) is 18.7. The lowest BCUT2D eigenvalue weighted by molar-refractivity contribution is -0.118. The van der Waals surface area contributed by atoms with Gasteiger partial charge in [-0.15, -0.1) is 0 Å². The van der Waals surface area contributed by atoms with Crippen molar-refractivity contribution in [2.24, 2.45) is 0 Å². The molecule has 33 heavy (non-hydrogen) atoms. The van der Waals surface area contributed by atoms with Crippen LogP contribution >= 0.6 is 0 Å². The van der Waals surface area contributed by atoms with E-state index in [0.717, 1.165) is 43.0 Å². The van der Waals surface area contributed by atoms with Crippen LogP contribution in [-0.2, 0) is 11.3 Å². The van der Waals surface area contributed by atoms with Crippen molar-refractivity contribution in [2.75, 3.05) is 39.4 Å². The standard InChI is InChI=1S/C25H31N3O5/c29-23-17-28(24(30)26-23)14-5-15-32-22-10-8-20(9-11-22)16-27-13-4-12-25(31,18-27)19-33-21-6-2-1-3-7-21/h1-3,6-11,31H,4-5,12-19H2,(H,26,29,30)/t25-/m1/s1. The van der Waals surface area contributed by atoms with Crippen molar-refractivity contribution in [2.45, 2.75) is 31.4 Å². The first-order valence-electron chi connectivity index (χ1n) is 11.4. The number of urea groups is 1. The van der Waals surface area contributed by atoms with E-state index in [1.807, 2.05) is 54.6 Å². The second-order valence-corrected chi connectivity index (χ2v) is 8.76. The Kier molecular flexibility index (Phi) is 7.47. The Morgan fingerprint density at radius 3 is 2.48 bits per heavy atom. The van der Waals surface area contributed by atoms with E-state index in [1.165, 1.54) is 4.90 Å². The number of nitrogens with one attached hydrogen (secondary N) is 1. The summed E-state index contributed by atoms with van der Waals surface area (Å²) in [4.78, 5) is 26.5. The van der Waals surface area contributed by atoms with Crippen molar-refractivity contribution < 1.29 is 24.2 Å². The molecule has 8 nitrogen and oxygen atoms in total. The van der Waals surface area contributed by atoms with Crippen LogP contribution < -0.4 is 14.8 Å². The van der Waals surface area contributed by atoms with Crippen LogP contribution in [0.5, 0.6) is 11.5 Å². The first-order chi connectivity index (χ1) is 16.0. The molecule has 0 radical (unpaired) electrons. The van der Waals surface area contributed by atoms with Crippen LogP contribution in [0.2, 0.25) is 0 Å². The van der Waals surface area contributed by atoms with E-state index in [4.69, 9.17) is 9.47 Å². The second-order valence-electron chi connectivity index (χ2n) is 8.76. The number of para-hydroxylation sites is 1. The minimum absolute atomic E-state index is 0.123. The van der Waals surface area contributed by atoms with Gasteiger partial charge in [0.05, 0.1) is 6.61 Å². The summed E-state index contributed by atoms with van der Waals surface area (Å²) < 4.78 is 11.6. The molecular formula is C25H31N3O5. The summed E-state index contributed by atoms with van der Waals surface area (Å²) in [6.07, 6.45) is 2.31. The molecule has 1 atom stereocenters. The summed E-state index contributed by atoms with van der Waals surface area (Å²) in [5.74, 6) is 1.29. The van der Waals surface area contributed by atoms with Crippen LogP contribution in [0.1, 0.15) is 24.8 Å². The minimum Gasteiger partial charge on any atom is -0.494 e. The third-order valence-electron chi connectivity index (χ3n) is 5.92. The zero-order valence-electron chi connectivity index (χ0n) is 18.7. The van der Waals surface area contributed by atoms with Gasteiger partial charge < -0.3 is 19.5 Å². The van der Waals surface area contributed by atoms with E-state index in [9.17, 15) is 14.7 Å². The number of piperidine rings is 1. The number of likely N-dealkylation sites (tertiary alicyclic amines) is 1. The SMILES string of the molecule is O=C1CN(CCCOc2ccc(CN3CCC[C@](O)(COc4ccccc4)C3)cc2)C(=O)N1. The van der Waals surface area contributed by atoms with Gasteiger partial charge in [-0.3, -0.25) is 15.0 Å². The van der Waals surface area contributed by atoms with Crippen LogP contribution in [0.25, 0.3) is 0 Å². The van der Waals surface area contributed by atoms with Gasteiger partial charge in [-0.1, -0.05) is 30.3 Å². The molecule has 0 bridgehead atoms. The fourth-order valence-corrected chi connectivity index (χ4v) is 4.25. The van der Waals surface area contributed by atoms with Crippen LogP contribution in [0.15, 0.2) is 54.6 Å². The molecule has 2 aliphatic rings. The number of carbonyl (C=O) groups is 2. The van der Waals surface area contributed by atoms with E-state index >= 15 is 0 Å². The van der Waals surface area contributed by atoms with Crippen LogP contribution in [0, 0.1) is 0 Å². The van der Waals surface area contributed by atoms with E-state index in [0.29, 0.717) is 26.1 Å². The van der Waals surface area contributed by atoms with Gasteiger partial charge in [0.2, 0.25) is 5.91 Å². The summed E-state index contributed by atoms with van der Waals surface area (Å²) in [5.41, 5.74) is 0.302. The Labute approximate surface area is 194 Å². The molecule has 176 valence electrons. The van der Waals surface area contributed by atoms with Gasteiger partial charge in [-0.25, -0.2) is 4.79 Å². The molecule has 2 saturated heterocycles. The number of nitrogens with zero attached hydrogens (tertiary/aromatic N) is 2. The van der Waals surface area contributed by atoms with Gasteiger partial charge in [0.25, 0.3) is 0 Å². The highest BCUT2D eigenvalue weighted by Crippen LogP contribution is 2.24. The van der Waals surface area contributed by atoms with Crippen molar-refractivity contribution in [3.63, 3.8) is 0 Å². The maximum absolute atomic E-state index is 11.5. The minimum atomic E-state index is -0.853. The number of benzene rings is 2. The number of β-amino-alcohol motifs (C(OH)–C–C–N with tert-alkyl or cyclic N) is 1. The third-order valence-corrected chi connectivity index (χ3v) is 5.92. The van der Waals surface area contributed by atoms with Gasteiger partial charge in [0, 0.05) is 19.6 Å². The fourth-order valence-electron chi connectivity index (χ4n) is 4.25. The van der Waals surface area contributed by atoms with Crippen LogP contribution in [0.3, 0.4) is 0 Å². The maximum atomic E-state index is 11.5. The molecule has 4 rings (SSSR count). The van der Waals surface area contributed by atoms with Gasteiger partial charge in [-0.05, 0) is 55.6 Å². The topological polar surface area (TPSA) is 91.3 Å². The lowest BCUT2D eigenvalue weighted by Crippen LogP contribution is -2.51. The largest absolute Gasteiger partial charge is 0.494 e. The number of ether oxygens (including phenoxy) is 2. The first kappa shape index (κ1) is 23.1. The smallest absolute Gasteiger partial charge is 0.324 e. The molecule has 0 unspecified atom stereocenters. The van der Waals surface area contributed by atoms with Gasteiger partial charge in [-0.2, -0.15) is 0 Å². The highest BCUT2D eigenvalue weighted by atomic mass is 16.5. The molecule has 8 heteroatoms. The molecule has 0 aromatic heterocycles. The number of hydrogen-bond donors (Lipinski definition) is 2. The predicted octanol–water partition coefficient (Wildman–Crippen LogP) is 2.41. The Bertz CT molecular complexity index is 937. The second kappa shape index (κ2) is 10.7. The van der Waals surface area contributed by atoms with Crippen molar-refractivity contribution in [3.05, 3.63) is 60.2 Å². The van der Waals surface area contributed by atoms with E-state index in [2.05, 4.69) is 10.2 Å². The quantitative estimate of drug-likeness (QED) is 0.424. The summed E-state index contributed by atoms with van der Waals surface area (Å²) in [7, 11) is 0. The van der Waals surface area contributed by atoms with Crippen LogP contribution in [0.4, 0.5) is 4.79 Å². The number of aliphatic hydroxyl groups is 1. The molecule has 0 aliphatic carbocycles. The first-order valence-corrected chi connectivity index (χ1v) is 11.4. The lowest BCUT2D eigenvalue weighted by atomic mass is 9.93. The number of rotatable bonds is 10. The van der Waals surface area contributed by atoms with Crippen LogP contribution in [-0.4, -0.2) is 71.8 Å². The Morgan fingerprint density at radius 1 is 1.00 bits per heavy atom. The number of amides is 3. The summed E-state index contributed by atoms with van der Waals surface area (Å²) in [6, 6.07) is 17.2. The number of hydrogen-bond acceptors (Lipinski definition) is 6. The molecule has 2 aromatic carbocycles. The molecule has 3 amide bonds. The molecule has 2 heterocycles. The molecule has 2 N–H and O–H groups in total. The van der Waals surface area contributed by atoms with E-state index in [1.54, 1.807) is 0 Å². The Morgan fingerprint density at radius 2 is 1.76 bits per heavy atom. The maximum Gasteiger partial charge on any atom is 0.324 e. The molecule has 2 fully saturated rings. The molecule has 0 spiro atoms. The number of carbonyl (C=O) groups excluding carboxylic acids is 2. The number of imide groups is 1. The molecule has 2 aromatic rings. The van der Waals surface area contributed by atoms with E-state index in [-0.39, 0.29) is 25.1 Å². The third kappa shape index (κ3) is 6.69. The zero-order chi connectivity index (χ0) is 23.1. The average molecular weight is 454 g/mol. The Balaban J connectivity index is 1.19. The van der Waals surface area contributed by atoms with Crippen molar-refractivity contribution >= 4 is 11.9 Å². The highest BCUT2D eigenvalue weighted by molar-refractivity contribution is 6.01. The fraction of sp³-hybridized carbons (Fsp3) is 0.440. The molecule has 0 saturated carbocycles. The predicted molar refractivity (Wildman–Crippen MR) is 123 cm³/mol. The van der Waals surface area contributed by atoms with Gasteiger partial charge >= 0.3 is 6.03 Å². The van der Waals surface area contributed by atoms with Crippen molar-refractivity contribution in [3.8, 4) is 11.5 Å². The van der Waals surface area contributed by atoms with Gasteiger partial charge in [0.15, 0.2) is 0 Å². The van der Waals surface area contributed by atoms with E-state index < -0.39 is 5.60 Å². The lowest BCUT2D eigenvalue weighted by Gasteiger charge is -2.39. The van der Waals surface area contributed by atoms with Crippen molar-refractivity contribution in [1.29, 1.82) is 0 Å². The highest BCUT2D eigenvalue weighted by Gasteiger charge is 2.34.